The second-order valence-electron chi connectivity index (χ2n) is 9.40. The summed E-state index contributed by atoms with van der Waals surface area (Å²) in [6, 6.07) is 3.80. The molecule has 2 aromatic rings. The van der Waals surface area contributed by atoms with E-state index in [1.165, 1.54) is 27.7 Å². The predicted molar refractivity (Wildman–Crippen MR) is 121 cm³/mol. The summed E-state index contributed by atoms with van der Waals surface area (Å²) in [5.74, 6) is -0.299. The van der Waals surface area contributed by atoms with Gasteiger partial charge in [-0.25, -0.2) is 17.9 Å². The molecule has 1 amide bonds. The Bertz CT molecular complexity index is 1350. The van der Waals surface area contributed by atoms with Crippen LogP contribution < -0.4 is 16.0 Å². The van der Waals surface area contributed by atoms with E-state index in [2.05, 4.69) is 4.72 Å². The van der Waals surface area contributed by atoms with Gasteiger partial charge in [-0.05, 0) is 38.0 Å². The van der Waals surface area contributed by atoms with Crippen LogP contribution in [0.3, 0.4) is 0 Å². The van der Waals surface area contributed by atoms with Crippen LogP contribution >= 0.6 is 11.6 Å². The van der Waals surface area contributed by atoms with Gasteiger partial charge in [0.1, 0.15) is 5.88 Å². The van der Waals surface area contributed by atoms with Crippen molar-refractivity contribution < 1.29 is 17.9 Å². The van der Waals surface area contributed by atoms with Crippen LogP contribution in [0.2, 0.25) is 0 Å². The third-order valence-electron chi connectivity index (χ3n) is 6.68. The van der Waals surface area contributed by atoms with Gasteiger partial charge in [0, 0.05) is 31.1 Å². The molecule has 5 rings (SSSR count). The van der Waals surface area contributed by atoms with Gasteiger partial charge in [0.2, 0.25) is 15.9 Å². The summed E-state index contributed by atoms with van der Waals surface area (Å²) >= 11 is 5.61. The number of alkyl halides is 1. The number of halogens is 1. The summed E-state index contributed by atoms with van der Waals surface area (Å²) in [6.45, 7) is 3.64. The van der Waals surface area contributed by atoms with Gasteiger partial charge in [0.25, 0.3) is 5.56 Å². The fourth-order valence-electron chi connectivity index (χ4n) is 4.26. The summed E-state index contributed by atoms with van der Waals surface area (Å²) in [5, 5.41) is 0.154. The molecule has 0 spiro atoms. The lowest BCUT2D eigenvalue weighted by molar-refractivity contribution is -0.134. The summed E-state index contributed by atoms with van der Waals surface area (Å²) in [5.41, 5.74) is -1.10. The average Bonchev–Trinajstić information content (AvgIpc) is 3.42. The average molecular weight is 497 g/mol. The molecule has 178 valence electrons. The van der Waals surface area contributed by atoms with Crippen LogP contribution in [0.15, 0.2) is 32.7 Å². The highest BCUT2D eigenvalue weighted by Crippen LogP contribution is 2.36. The smallest absolute Gasteiger partial charge is 0.331 e. The first kappa shape index (κ1) is 22.6. The molecule has 2 aliphatic heterocycles. The van der Waals surface area contributed by atoms with Gasteiger partial charge >= 0.3 is 5.69 Å². The fraction of sp³-hybridized carbons (Fsp3) is 0.571. The van der Waals surface area contributed by atoms with Gasteiger partial charge in [-0.2, -0.15) is 0 Å². The van der Waals surface area contributed by atoms with Crippen molar-refractivity contribution in [3.8, 4) is 0 Å². The molecule has 12 heteroatoms. The van der Waals surface area contributed by atoms with Crippen molar-refractivity contribution in [2.75, 3.05) is 32.2 Å². The molecule has 10 nitrogen and oxygen atoms in total. The van der Waals surface area contributed by atoms with Crippen LogP contribution in [-0.2, 0) is 26.1 Å². The molecule has 0 unspecified atom stereocenters. The Balaban J connectivity index is 1.61. The molecule has 1 N–H and O–H groups in total. The van der Waals surface area contributed by atoms with Gasteiger partial charge in [-0.3, -0.25) is 18.7 Å². The highest BCUT2D eigenvalue weighted by molar-refractivity contribution is 7.89. The zero-order valence-corrected chi connectivity index (χ0v) is 19.7. The molecule has 0 bridgehead atoms. The highest BCUT2D eigenvalue weighted by Gasteiger charge is 2.41. The third-order valence-corrected chi connectivity index (χ3v) is 8.54. The molecular weight excluding hydrogens is 472 g/mol. The summed E-state index contributed by atoms with van der Waals surface area (Å²) in [7, 11) is -3.82. The Labute approximate surface area is 195 Å². The van der Waals surface area contributed by atoms with Gasteiger partial charge in [0.15, 0.2) is 0 Å². The van der Waals surface area contributed by atoms with Crippen molar-refractivity contribution >= 4 is 38.4 Å². The molecule has 1 aliphatic carbocycles. The lowest BCUT2D eigenvalue weighted by Crippen LogP contribution is -2.57. The molecule has 1 saturated carbocycles. The Kier molecular flexibility index (Phi) is 5.43. The van der Waals surface area contributed by atoms with E-state index in [-0.39, 0.29) is 41.1 Å². The lowest BCUT2D eigenvalue weighted by atomic mass is 10.1. The summed E-state index contributed by atoms with van der Waals surface area (Å²) in [6.07, 6.45) is 1.52. The summed E-state index contributed by atoms with van der Waals surface area (Å²) < 4.78 is 36.4. The Hall–Kier alpha value is -2.21. The second-order valence-corrected chi connectivity index (χ2v) is 11.4. The van der Waals surface area contributed by atoms with Crippen LogP contribution in [0.4, 0.5) is 0 Å². The van der Waals surface area contributed by atoms with Gasteiger partial charge in [-0.15, -0.1) is 11.6 Å². The van der Waals surface area contributed by atoms with Crippen molar-refractivity contribution in [3.05, 3.63) is 39.0 Å². The topological polar surface area (TPSA) is 120 Å². The number of hydrogen-bond donors (Lipinski definition) is 1. The highest BCUT2D eigenvalue weighted by atomic mass is 35.5. The molecule has 0 atom stereocenters. The number of aromatic nitrogens is 2. The maximum absolute atomic E-state index is 13.4. The van der Waals surface area contributed by atoms with E-state index in [1.807, 2.05) is 6.92 Å². The van der Waals surface area contributed by atoms with Crippen LogP contribution in [-0.4, -0.2) is 66.1 Å². The standard InChI is InChI=1S/C21H25ClN4O6S/c1-21(4-5-21)23-33(30,31)15-2-3-17-16(6-15)19(28)26(14-9-24(10-14)18(27)7-22)20(29)25(17)8-13-11-32-12-13/h2-3,6,13-14,23H,4-5,7-12H2,1H3. The number of likely N-dealkylation sites (tertiary alicyclic amines) is 1. The van der Waals surface area contributed by atoms with Crippen molar-refractivity contribution in [1.29, 1.82) is 0 Å². The number of carbonyl (C=O) groups is 1. The van der Waals surface area contributed by atoms with Crippen molar-refractivity contribution in [1.82, 2.24) is 18.8 Å². The van der Waals surface area contributed by atoms with Crippen molar-refractivity contribution in [2.24, 2.45) is 5.92 Å². The van der Waals surface area contributed by atoms with E-state index >= 15 is 0 Å². The lowest BCUT2D eigenvalue weighted by Gasteiger charge is -2.39. The zero-order chi connectivity index (χ0) is 23.5. The number of ether oxygens (including phenoxy) is 1. The van der Waals surface area contributed by atoms with E-state index < -0.39 is 32.9 Å². The monoisotopic (exact) mass is 496 g/mol. The molecule has 2 saturated heterocycles. The first-order chi connectivity index (χ1) is 15.6. The molecule has 33 heavy (non-hydrogen) atoms. The molecular formula is C21H25ClN4O6S. The molecule has 3 heterocycles. The predicted octanol–water partition coefficient (Wildman–Crippen LogP) is 0.263. The quantitative estimate of drug-likeness (QED) is 0.549. The first-order valence-corrected chi connectivity index (χ1v) is 12.9. The number of amides is 1. The minimum absolute atomic E-state index is 0.0171. The van der Waals surface area contributed by atoms with Gasteiger partial charge in [-0.1, -0.05) is 0 Å². The van der Waals surface area contributed by atoms with Gasteiger partial charge in [0.05, 0.1) is 35.1 Å². The second kappa shape index (κ2) is 7.93. The number of nitrogens with one attached hydrogen (secondary N) is 1. The largest absolute Gasteiger partial charge is 0.381 e. The summed E-state index contributed by atoms with van der Waals surface area (Å²) in [4.78, 5) is 40.1. The molecule has 1 aromatic heterocycles. The van der Waals surface area contributed by atoms with E-state index in [1.54, 1.807) is 0 Å². The molecule has 0 radical (unpaired) electrons. The van der Waals surface area contributed by atoms with E-state index in [0.717, 1.165) is 17.4 Å². The maximum atomic E-state index is 13.4. The SMILES string of the molecule is CC1(NS(=O)(=O)c2ccc3c(c2)c(=O)n(C2CN(C(=O)CCl)C2)c(=O)n3CC2COC2)CC1. The normalized spacial score (nSPS) is 20.5. The van der Waals surface area contributed by atoms with Crippen LogP contribution in [0.25, 0.3) is 10.9 Å². The number of benzene rings is 1. The number of nitrogens with zero attached hydrogens (tertiary/aromatic N) is 3. The number of carbonyl (C=O) groups excluding carboxylic acids is 1. The van der Waals surface area contributed by atoms with E-state index in [9.17, 15) is 22.8 Å². The van der Waals surface area contributed by atoms with Crippen molar-refractivity contribution in [2.45, 2.75) is 42.8 Å². The Morgan fingerprint density at radius 1 is 1.24 bits per heavy atom. The minimum atomic E-state index is -3.82. The zero-order valence-electron chi connectivity index (χ0n) is 18.1. The molecule has 3 fully saturated rings. The fourth-order valence-corrected chi connectivity index (χ4v) is 5.92. The number of sulfonamides is 1. The van der Waals surface area contributed by atoms with E-state index in [0.29, 0.717) is 25.3 Å². The third kappa shape index (κ3) is 4.01. The number of fused-ring (bicyclic) bond motifs is 1. The Morgan fingerprint density at radius 2 is 1.94 bits per heavy atom. The maximum Gasteiger partial charge on any atom is 0.331 e. The molecule has 3 aliphatic rings. The van der Waals surface area contributed by atoms with Gasteiger partial charge < -0.3 is 9.64 Å². The first-order valence-electron chi connectivity index (χ1n) is 10.9. The van der Waals surface area contributed by atoms with Crippen molar-refractivity contribution in [3.63, 3.8) is 0 Å². The van der Waals surface area contributed by atoms with E-state index in [4.69, 9.17) is 16.3 Å². The molecule has 1 aromatic carbocycles. The number of hydrogen-bond acceptors (Lipinski definition) is 6. The van der Waals surface area contributed by atoms with Crippen LogP contribution in [0.5, 0.6) is 0 Å². The van der Waals surface area contributed by atoms with Crippen LogP contribution in [0, 0.1) is 5.92 Å². The Morgan fingerprint density at radius 3 is 2.52 bits per heavy atom. The minimum Gasteiger partial charge on any atom is -0.381 e. The number of rotatable bonds is 7. The van der Waals surface area contributed by atoms with Crippen LogP contribution in [0.1, 0.15) is 25.8 Å².